The lowest BCUT2D eigenvalue weighted by Gasteiger charge is -2.27. The second-order valence-corrected chi connectivity index (χ2v) is 4.86. The number of alkyl carbamates (subject to hydrolysis) is 1. The number of nitrogens with one attached hydrogen (secondary N) is 1. The van der Waals surface area contributed by atoms with Crippen LogP contribution in [0.2, 0.25) is 0 Å². The number of carbonyl (C=O) groups excluding carboxylic acids is 2. The molecule has 0 saturated carbocycles. The van der Waals surface area contributed by atoms with E-state index in [4.69, 9.17) is 0 Å². The Bertz CT molecular complexity index is 351. The lowest BCUT2D eigenvalue weighted by molar-refractivity contribution is -0.191. The van der Waals surface area contributed by atoms with Gasteiger partial charge in [0.25, 0.3) is 0 Å². The number of aliphatic hydroxyl groups excluding tert-OH is 1. The first-order valence-corrected chi connectivity index (χ1v) is 5.79. The molecule has 0 aromatic carbocycles. The first-order chi connectivity index (χ1) is 8.88. The van der Waals surface area contributed by atoms with E-state index in [0.29, 0.717) is 0 Å². The third kappa shape index (κ3) is 6.60. The van der Waals surface area contributed by atoms with Gasteiger partial charge in [-0.1, -0.05) is 0 Å². The van der Waals surface area contributed by atoms with E-state index in [2.05, 4.69) is 9.47 Å². The van der Waals surface area contributed by atoms with E-state index in [1.165, 1.54) is 33.0 Å². The van der Waals surface area contributed by atoms with Gasteiger partial charge in [-0.05, 0) is 27.7 Å². The SMILES string of the molecule is CCOC(=O)[C@@H](O)[C@H](NC(=O)OC(C)(C)C)C(F)(F)F. The predicted molar refractivity (Wildman–Crippen MR) is 61.9 cm³/mol. The number of hydrogen-bond acceptors (Lipinski definition) is 5. The summed E-state index contributed by atoms with van der Waals surface area (Å²) in [7, 11) is 0. The molecular formula is C11H18F3NO5. The second-order valence-electron chi connectivity index (χ2n) is 4.86. The molecule has 0 rings (SSSR count). The Morgan fingerprint density at radius 1 is 1.25 bits per heavy atom. The lowest BCUT2D eigenvalue weighted by atomic mass is 10.1. The molecule has 0 aromatic rings. The maximum absolute atomic E-state index is 12.7. The standard InChI is InChI=1S/C11H18F3NO5/c1-5-19-8(17)6(16)7(11(12,13)14)15-9(18)20-10(2,3)4/h6-7,16H,5H2,1-4H3,(H,15,18)/t6-,7-/m0/s1. The summed E-state index contributed by atoms with van der Waals surface area (Å²) in [4.78, 5) is 22.4. The normalized spacial score (nSPS) is 15.2. The highest BCUT2D eigenvalue weighted by Gasteiger charge is 2.49. The van der Waals surface area contributed by atoms with Crippen LogP contribution in [0.25, 0.3) is 0 Å². The van der Waals surface area contributed by atoms with Crippen LogP contribution in [0.15, 0.2) is 0 Å². The van der Waals surface area contributed by atoms with Gasteiger partial charge in [-0.25, -0.2) is 9.59 Å². The predicted octanol–water partition coefficient (Wildman–Crippen LogP) is 1.37. The zero-order valence-electron chi connectivity index (χ0n) is 11.6. The number of halogens is 3. The summed E-state index contributed by atoms with van der Waals surface area (Å²) in [6.45, 7) is 5.53. The third-order valence-electron chi connectivity index (χ3n) is 1.87. The van der Waals surface area contributed by atoms with Crippen LogP contribution in [0.4, 0.5) is 18.0 Å². The molecule has 0 aliphatic rings. The van der Waals surface area contributed by atoms with Crippen molar-refractivity contribution in [3.05, 3.63) is 0 Å². The van der Waals surface area contributed by atoms with Crippen molar-refractivity contribution >= 4 is 12.1 Å². The highest BCUT2D eigenvalue weighted by Crippen LogP contribution is 2.23. The molecule has 0 aliphatic carbocycles. The highest BCUT2D eigenvalue weighted by molar-refractivity contribution is 5.77. The molecule has 0 aromatic heterocycles. The molecule has 0 unspecified atom stereocenters. The number of hydrogen-bond donors (Lipinski definition) is 2. The molecule has 0 spiro atoms. The minimum atomic E-state index is -5.04. The average molecular weight is 301 g/mol. The Morgan fingerprint density at radius 3 is 2.10 bits per heavy atom. The number of esters is 1. The van der Waals surface area contributed by atoms with Gasteiger partial charge in [-0.2, -0.15) is 13.2 Å². The molecule has 0 aliphatic heterocycles. The van der Waals surface area contributed by atoms with Gasteiger partial charge in [0.2, 0.25) is 0 Å². The van der Waals surface area contributed by atoms with Crippen molar-refractivity contribution in [3.63, 3.8) is 0 Å². The Hall–Kier alpha value is -1.51. The van der Waals surface area contributed by atoms with E-state index in [-0.39, 0.29) is 6.61 Å². The summed E-state index contributed by atoms with van der Waals surface area (Å²) in [6, 6.07) is -2.81. The summed E-state index contributed by atoms with van der Waals surface area (Å²) in [5, 5.41) is 10.7. The number of alkyl halides is 3. The minimum Gasteiger partial charge on any atom is -0.464 e. The zero-order valence-corrected chi connectivity index (χ0v) is 11.6. The molecule has 20 heavy (non-hydrogen) atoms. The van der Waals surface area contributed by atoms with Crippen LogP contribution in [0.1, 0.15) is 27.7 Å². The van der Waals surface area contributed by atoms with Gasteiger partial charge < -0.3 is 19.9 Å². The van der Waals surface area contributed by atoms with Gasteiger partial charge in [0, 0.05) is 0 Å². The van der Waals surface area contributed by atoms with Gasteiger partial charge in [-0.15, -0.1) is 0 Å². The van der Waals surface area contributed by atoms with Crippen molar-refractivity contribution in [1.29, 1.82) is 0 Å². The molecule has 118 valence electrons. The van der Waals surface area contributed by atoms with Crippen LogP contribution in [-0.2, 0) is 14.3 Å². The van der Waals surface area contributed by atoms with Gasteiger partial charge >= 0.3 is 18.2 Å². The molecule has 0 radical (unpaired) electrons. The van der Waals surface area contributed by atoms with E-state index in [0.717, 1.165) is 0 Å². The Kier molecular flexibility index (Phi) is 6.27. The van der Waals surface area contributed by atoms with Crippen molar-refractivity contribution in [2.75, 3.05) is 6.61 Å². The van der Waals surface area contributed by atoms with Crippen molar-refractivity contribution in [2.45, 2.75) is 51.6 Å². The molecule has 6 nitrogen and oxygen atoms in total. The van der Waals surface area contributed by atoms with Crippen molar-refractivity contribution in [1.82, 2.24) is 5.32 Å². The average Bonchev–Trinajstić information content (AvgIpc) is 2.21. The quantitative estimate of drug-likeness (QED) is 0.766. The van der Waals surface area contributed by atoms with Gasteiger partial charge in [-0.3, -0.25) is 0 Å². The van der Waals surface area contributed by atoms with Crippen LogP contribution in [0.3, 0.4) is 0 Å². The largest absolute Gasteiger partial charge is 0.464 e. The molecule has 0 saturated heterocycles. The fourth-order valence-electron chi connectivity index (χ4n) is 1.14. The summed E-state index contributed by atoms with van der Waals surface area (Å²) >= 11 is 0. The van der Waals surface area contributed by atoms with Crippen LogP contribution in [-0.4, -0.2) is 47.7 Å². The van der Waals surface area contributed by atoms with Gasteiger partial charge in [0.15, 0.2) is 12.1 Å². The molecular weight excluding hydrogens is 283 g/mol. The van der Waals surface area contributed by atoms with E-state index in [1.807, 2.05) is 0 Å². The summed E-state index contributed by atoms with van der Waals surface area (Å²) in [6.07, 6.45) is -9.01. The molecule has 9 heteroatoms. The number of ether oxygens (including phenoxy) is 2. The molecule has 2 N–H and O–H groups in total. The van der Waals surface area contributed by atoms with Gasteiger partial charge in [0.05, 0.1) is 6.61 Å². The van der Waals surface area contributed by atoms with Crippen LogP contribution < -0.4 is 5.32 Å². The van der Waals surface area contributed by atoms with Crippen LogP contribution in [0, 0.1) is 0 Å². The zero-order chi connectivity index (χ0) is 16.1. The molecule has 1 amide bonds. The summed E-state index contributed by atoms with van der Waals surface area (Å²) < 4.78 is 47.1. The monoisotopic (exact) mass is 301 g/mol. The minimum absolute atomic E-state index is 0.201. The number of carbonyl (C=O) groups is 2. The van der Waals surface area contributed by atoms with Crippen molar-refractivity contribution < 1.29 is 37.3 Å². The summed E-state index contributed by atoms with van der Waals surface area (Å²) in [5.41, 5.74) is -1.02. The molecule has 0 bridgehead atoms. The summed E-state index contributed by atoms with van der Waals surface area (Å²) in [5.74, 6) is -1.48. The molecule has 0 fully saturated rings. The molecule has 2 atom stereocenters. The highest BCUT2D eigenvalue weighted by atomic mass is 19.4. The second kappa shape index (κ2) is 6.78. The Morgan fingerprint density at radius 2 is 1.75 bits per heavy atom. The number of rotatable bonds is 4. The number of aliphatic hydroxyl groups is 1. The van der Waals surface area contributed by atoms with Crippen molar-refractivity contribution in [3.8, 4) is 0 Å². The maximum Gasteiger partial charge on any atom is 0.411 e. The fraction of sp³-hybridized carbons (Fsp3) is 0.818. The fourth-order valence-corrected chi connectivity index (χ4v) is 1.14. The van der Waals surface area contributed by atoms with E-state index in [9.17, 15) is 27.9 Å². The Labute approximate surface area is 114 Å². The smallest absolute Gasteiger partial charge is 0.411 e. The first-order valence-electron chi connectivity index (χ1n) is 5.79. The van der Waals surface area contributed by atoms with E-state index < -0.39 is 36.0 Å². The lowest BCUT2D eigenvalue weighted by Crippen LogP contribution is -2.56. The van der Waals surface area contributed by atoms with Crippen LogP contribution in [0.5, 0.6) is 0 Å². The topological polar surface area (TPSA) is 84.9 Å². The number of amides is 1. The van der Waals surface area contributed by atoms with E-state index in [1.54, 1.807) is 0 Å². The maximum atomic E-state index is 12.7. The van der Waals surface area contributed by atoms with Crippen LogP contribution >= 0.6 is 0 Å². The first kappa shape index (κ1) is 18.5. The van der Waals surface area contributed by atoms with Crippen molar-refractivity contribution in [2.24, 2.45) is 0 Å². The Balaban J connectivity index is 4.92. The van der Waals surface area contributed by atoms with Gasteiger partial charge in [0.1, 0.15) is 5.60 Å². The third-order valence-corrected chi connectivity index (χ3v) is 1.87. The van der Waals surface area contributed by atoms with E-state index >= 15 is 0 Å². The molecule has 0 heterocycles.